The molecular formula is C14H12O3. The molecule has 0 spiro atoms. The quantitative estimate of drug-likeness (QED) is 0.742. The number of ether oxygens (including phenoxy) is 1. The summed E-state index contributed by atoms with van der Waals surface area (Å²) < 4.78 is 10.7. The van der Waals surface area contributed by atoms with E-state index in [4.69, 9.17) is 9.15 Å². The molecule has 0 fully saturated rings. The molecule has 0 radical (unpaired) electrons. The van der Waals surface area contributed by atoms with Crippen molar-refractivity contribution >= 4 is 5.78 Å². The second-order valence-corrected chi connectivity index (χ2v) is 4.17. The van der Waals surface area contributed by atoms with Gasteiger partial charge >= 0.3 is 0 Å². The van der Waals surface area contributed by atoms with Crippen LogP contribution in [-0.4, -0.2) is 12.4 Å². The third-order valence-corrected chi connectivity index (χ3v) is 2.95. The molecule has 2 aromatic rings. The number of ketones is 1. The van der Waals surface area contributed by atoms with Crippen LogP contribution in [-0.2, 0) is 6.42 Å². The molecule has 0 saturated heterocycles. The fourth-order valence-corrected chi connectivity index (χ4v) is 2.11. The molecule has 3 heteroatoms. The summed E-state index contributed by atoms with van der Waals surface area (Å²) in [6, 6.07) is 7.44. The lowest BCUT2D eigenvalue weighted by Gasteiger charge is -2.05. The fraction of sp³-hybridized carbons (Fsp3) is 0.214. The summed E-state index contributed by atoms with van der Waals surface area (Å²) in [5, 5.41) is 0. The van der Waals surface area contributed by atoms with Crippen molar-refractivity contribution in [3.63, 3.8) is 0 Å². The molecule has 86 valence electrons. The van der Waals surface area contributed by atoms with Gasteiger partial charge in [-0.1, -0.05) is 12.1 Å². The van der Waals surface area contributed by atoms with Gasteiger partial charge in [-0.05, 0) is 24.6 Å². The van der Waals surface area contributed by atoms with E-state index >= 15 is 0 Å². The highest BCUT2D eigenvalue weighted by molar-refractivity contribution is 6.10. The number of furan rings is 1. The van der Waals surface area contributed by atoms with E-state index in [9.17, 15) is 4.79 Å². The van der Waals surface area contributed by atoms with Crippen LogP contribution >= 0.6 is 0 Å². The van der Waals surface area contributed by atoms with Crippen molar-refractivity contribution in [3.8, 4) is 5.75 Å². The lowest BCUT2D eigenvalue weighted by molar-refractivity contribution is 0.103. The summed E-state index contributed by atoms with van der Waals surface area (Å²) in [4.78, 5) is 12.3. The maximum atomic E-state index is 12.3. The number of hydrogen-bond donors (Lipinski definition) is 0. The number of para-hydroxylation sites is 1. The summed E-state index contributed by atoms with van der Waals surface area (Å²) >= 11 is 0. The monoisotopic (exact) mass is 228 g/mol. The number of benzene rings is 1. The molecule has 1 aliphatic heterocycles. The SMILES string of the molecule is Cc1cc(C(=O)c2cccc3c2OCC3)co1. The van der Waals surface area contributed by atoms with Crippen molar-refractivity contribution in [2.75, 3.05) is 6.61 Å². The van der Waals surface area contributed by atoms with E-state index in [1.165, 1.54) is 6.26 Å². The molecule has 0 saturated carbocycles. The van der Waals surface area contributed by atoms with Crippen molar-refractivity contribution in [2.45, 2.75) is 13.3 Å². The van der Waals surface area contributed by atoms with Crippen LogP contribution in [0.3, 0.4) is 0 Å². The molecule has 1 aromatic heterocycles. The van der Waals surface area contributed by atoms with Gasteiger partial charge in [-0.15, -0.1) is 0 Å². The average molecular weight is 228 g/mol. The minimum atomic E-state index is -0.0411. The number of hydrogen-bond acceptors (Lipinski definition) is 3. The molecule has 0 N–H and O–H groups in total. The van der Waals surface area contributed by atoms with E-state index < -0.39 is 0 Å². The van der Waals surface area contributed by atoms with E-state index in [1.54, 1.807) is 12.1 Å². The molecule has 3 nitrogen and oxygen atoms in total. The zero-order valence-corrected chi connectivity index (χ0v) is 9.53. The van der Waals surface area contributed by atoms with E-state index in [1.807, 2.05) is 19.1 Å². The van der Waals surface area contributed by atoms with Crippen LogP contribution < -0.4 is 4.74 Å². The summed E-state index contributed by atoms with van der Waals surface area (Å²) in [5.41, 5.74) is 2.31. The first kappa shape index (κ1) is 10.1. The van der Waals surface area contributed by atoms with Gasteiger partial charge in [-0.25, -0.2) is 0 Å². The van der Waals surface area contributed by atoms with E-state index in [-0.39, 0.29) is 5.78 Å². The lowest BCUT2D eigenvalue weighted by Crippen LogP contribution is -2.02. The Morgan fingerprint density at radius 2 is 2.24 bits per heavy atom. The van der Waals surface area contributed by atoms with Crippen LogP contribution in [0, 0.1) is 6.92 Å². The zero-order chi connectivity index (χ0) is 11.8. The van der Waals surface area contributed by atoms with Gasteiger partial charge in [0.25, 0.3) is 0 Å². The lowest BCUT2D eigenvalue weighted by atomic mass is 10.0. The van der Waals surface area contributed by atoms with Gasteiger partial charge in [-0.3, -0.25) is 4.79 Å². The highest BCUT2D eigenvalue weighted by atomic mass is 16.5. The molecular weight excluding hydrogens is 216 g/mol. The molecule has 1 aromatic carbocycles. The Morgan fingerprint density at radius 1 is 1.35 bits per heavy atom. The first-order valence-electron chi connectivity index (χ1n) is 5.60. The summed E-state index contributed by atoms with van der Waals surface area (Å²) in [6.45, 7) is 2.48. The maximum Gasteiger partial charge on any atom is 0.199 e. The van der Waals surface area contributed by atoms with Gasteiger partial charge in [0.2, 0.25) is 0 Å². The van der Waals surface area contributed by atoms with Crippen LogP contribution in [0.1, 0.15) is 27.2 Å². The normalized spacial score (nSPS) is 13.2. The summed E-state index contributed by atoms with van der Waals surface area (Å²) in [5.74, 6) is 1.43. The topological polar surface area (TPSA) is 39.4 Å². The van der Waals surface area contributed by atoms with Crippen molar-refractivity contribution < 1.29 is 13.9 Å². The third-order valence-electron chi connectivity index (χ3n) is 2.95. The first-order chi connectivity index (χ1) is 8.25. The molecule has 0 bridgehead atoms. The molecule has 2 heterocycles. The molecule has 3 rings (SSSR count). The largest absolute Gasteiger partial charge is 0.492 e. The van der Waals surface area contributed by atoms with Crippen LogP contribution in [0.5, 0.6) is 5.75 Å². The number of fused-ring (bicyclic) bond motifs is 1. The molecule has 17 heavy (non-hydrogen) atoms. The second kappa shape index (κ2) is 3.77. The van der Waals surface area contributed by atoms with Gasteiger partial charge in [-0.2, -0.15) is 0 Å². The van der Waals surface area contributed by atoms with Gasteiger partial charge < -0.3 is 9.15 Å². The molecule has 1 aliphatic rings. The smallest absolute Gasteiger partial charge is 0.199 e. The zero-order valence-electron chi connectivity index (χ0n) is 9.53. The van der Waals surface area contributed by atoms with Crippen LogP contribution in [0.4, 0.5) is 0 Å². The summed E-state index contributed by atoms with van der Waals surface area (Å²) in [6.07, 6.45) is 2.37. The number of rotatable bonds is 2. The van der Waals surface area contributed by atoms with E-state index in [2.05, 4.69) is 0 Å². The minimum absolute atomic E-state index is 0.0411. The standard InChI is InChI=1S/C14H12O3/c1-9-7-11(8-17-9)13(15)12-4-2-3-10-5-6-16-14(10)12/h2-4,7-8H,5-6H2,1H3. The molecule has 0 aliphatic carbocycles. The van der Waals surface area contributed by atoms with Crippen molar-refractivity contribution in [2.24, 2.45) is 0 Å². The van der Waals surface area contributed by atoms with E-state index in [0.717, 1.165) is 23.5 Å². The molecule has 0 amide bonds. The Morgan fingerprint density at radius 3 is 3.00 bits per heavy atom. The second-order valence-electron chi connectivity index (χ2n) is 4.17. The Labute approximate surface area is 99.0 Å². The third kappa shape index (κ3) is 1.64. The van der Waals surface area contributed by atoms with Crippen molar-refractivity contribution in [1.29, 1.82) is 0 Å². The fourth-order valence-electron chi connectivity index (χ4n) is 2.11. The van der Waals surface area contributed by atoms with Crippen LogP contribution in [0.2, 0.25) is 0 Å². The highest BCUT2D eigenvalue weighted by Crippen LogP contribution is 2.31. The van der Waals surface area contributed by atoms with Crippen molar-refractivity contribution in [1.82, 2.24) is 0 Å². The molecule has 0 unspecified atom stereocenters. The number of aryl methyl sites for hydroxylation is 1. The Balaban J connectivity index is 2.05. The van der Waals surface area contributed by atoms with Crippen LogP contribution in [0.15, 0.2) is 34.9 Å². The number of carbonyl (C=O) groups excluding carboxylic acids is 1. The Bertz CT molecular complexity index is 581. The maximum absolute atomic E-state index is 12.3. The highest BCUT2D eigenvalue weighted by Gasteiger charge is 2.22. The predicted molar refractivity (Wildman–Crippen MR) is 62.5 cm³/mol. The van der Waals surface area contributed by atoms with Crippen molar-refractivity contribution in [3.05, 3.63) is 53.0 Å². The van der Waals surface area contributed by atoms with Crippen LogP contribution in [0.25, 0.3) is 0 Å². The Kier molecular flexibility index (Phi) is 2.25. The molecule has 0 atom stereocenters. The number of carbonyl (C=O) groups is 1. The van der Waals surface area contributed by atoms with Gasteiger partial charge in [0.1, 0.15) is 17.8 Å². The van der Waals surface area contributed by atoms with Gasteiger partial charge in [0.15, 0.2) is 5.78 Å². The summed E-state index contributed by atoms with van der Waals surface area (Å²) in [7, 11) is 0. The van der Waals surface area contributed by atoms with E-state index in [0.29, 0.717) is 17.7 Å². The first-order valence-corrected chi connectivity index (χ1v) is 5.60. The average Bonchev–Trinajstić information content (AvgIpc) is 2.95. The minimum Gasteiger partial charge on any atom is -0.492 e. The van der Waals surface area contributed by atoms with Gasteiger partial charge in [0.05, 0.1) is 17.7 Å². The Hall–Kier alpha value is -2.03. The predicted octanol–water partition coefficient (Wildman–Crippen LogP) is 2.75. The van der Waals surface area contributed by atoms with Gasteiger partial charge in [0, 0.05) is 6.42 Å².